The van der Waals surface area contributed by atoms with Gasteiger partial charge in [0.15, 0.2) is 5.52 Å². The summed E-state index contributed by atoms with van der Waals surface area (Å²) in [4.78, 5) is 0. The summed E-state index contributed by atoms with van der Waals surface area (Å²) in [5.74, 6) is 0. The first-order valence-electron chi connectivity index (χ1n) is 6.93. The summed E-state index contributed by atoms with van der Waals surface area (Å²) < 4.78 is 4.38. The highest BCUT2D eigenvalue weighted by atomic mass is 35.5. The van der Waals surface area contributed by atoms with Crippen molar-refractivity contribution in [2.75, 3.05) is 0 Å². The van der Waals surface area contributed by atoms with Gasteiger partial charge in [-0.1, -0.05) is 48.0 Å². The van der Waals surface area contributed by atoms with Crippen LogP contribution in [-0.4, -0.2) is 4.40 Å². The highest BCUT2D eigenvalue weighted by molar-refractivity contribution is 6.31. The van der Waals surface area contributed by atoms with Gasteiger partial charge in [0.25, 0.3) is 0 Å². The van der Waals surface area contributed by atoms with Crippen molar-refractivity contribution >= 4 is 28.0 Å². The van der Waals surface area contributed by atoms with Gasteiger partial charge in [0.1, 0.15) is 18.3 Å². The number of aromatic nitrogens is 2. The average molecular weight is 329 g/mol. The zero-order valence-electron chi connectivity index (χ0n) is 11.8. The van der Waals surface area contributed by atoms with Gasteiger partial charge >= 0.3 is 0 Å². The molecule has 0 aliphatic rings. The van der Waals surface area contributed by atoms with Crippen LogP contribution in [0.2, 0.25) is 5.02 Å². The number of benzene rings is 2. The largest absolute Gasteiger partial charge is 1.00 e. The van der Waals surface area contributed by atoms with Gasteiger partial charge in [0, 0.05) is 16.0 Å². The minimum absolute atomic E-state index is 0. The molecule has 4 rings (SSSR count). The van der Waals surface area contributed by atoms with Gasteiger partial charge < -0.3 is 12.4 Å². The molecule has 0 saturated carbocycles. The van der Waals surface area contributed by atoms with Crippen molar-refractivity contribution in [1.82, 2.24) is 4.40 Å². The number of hydrogen-bond acceptors (Lipinski definition) is 0. The summed E-state index contributed by atoms with van der Waals surface area (Å²) in [6.45, 7) is 0.773. The molecule has 0 amide bonds. The lowest BCUT2D eigenvalue weighted by atomic mass is 10.2. The molecule has 22 heavy (non-hydrogen) atoms. The average Bonchev–Trinajstić information content (AvgIpc) is 2.93. The van der Waals surface area contributed by atoms with Gasteiger partial charge in [0.2, 0.25) is 6.33 Å². The molecule has 2 aromatic carbocycles. The van der Waals surface area contributed by atoms with E-state index in [9.17, 15) is 0 Å². The predicted molar refractivity (Wildman–Crippen MR) is 85.7 cm³/mol. The van der Waals surface area contributed by atoms with Crippen LogP contribution in [0.5, 0.6) is 0 Å². The molecule has 4 aromatic rings. The summed E-state index contributed by atoms with van der Waals surface area (Å²) in [6.07, 6.45) is 4.27. The van der Waals surface area contributed by atoms with Crippen molar-refractivity contribution in [3.8, 4) is 0 Å². The molecule has 110 valence electrons. The van der Waals surface area contributed by atoms with Crippen LogP contribution in [0.3, 0.4) is 0 Å². The summed E-state index contributed by atoms with van der Waals surface area (Å²) >= 11 is 6.25. The number of fused-ring (bicyclic) bond motifs is 3. The third-order valence-electron chi connectivity index (χ3n) is 3.78. The molecule has 4 heteroatoms. The SMILES string of the molecule is Clc1ccccc1C[n+]1cc2ccc3ccccc3n2c1.[Cl-]. The van der Waals surface area contributed by atoms with Crippen LogP contribution >= 0.6 is 11.6 Å². The first-order valence-corrected chi connectivity index (χ1v) is 7.31. The van der Waals surface area contributed by atoms with Crippen LogP contribution in [0.25, 0.3) is 16.4 Å². The highest BCUT2D eigenvalue weighted by Crippen LogP contribution is 2.17. The molecule has 0 N–H and O–H groups in total. The molecule has 2 aromatic heterocycles. The Morgan fingerprint density at radius 1 is 0.909 bits per heavy atom. The minimum Gasteiger partial charge on any atom is -1.00 e. The van der Waals surface area contributed by atoms with Crippen molar-refractivity contribution in [2.24, 2.45) is 0 Å². The third-order valence-corrected chi connectivity index (χ3v) is 4.15. The molecule has 0 aliphatic heterocycles. The molecule has 2 heterocycles. The fourth-order valence-corrected chi connectivity index (χ4v) is 2.93. The lowest BCUT2D eigenvalue weighted by molar-refractivity contribution is -0.686. The zero-order chi connectivity index (χ0) is 14.2. The second kappa shape index (κ2) is 5.99. The molecule has 0 spiro atoms. The van der Waals surface area contributed by atoms with E-state index in [1.165, 1.54) is 16.4 Å². The highest BCUT2D eigenvalue weighted by Gasteiger charge is 2.11. The van der Waals surface area contributed by atoms with Crippen LogP contribution in [0.15, 0.2) is 73.2 Å². The third kappa shape index (κ3) is 2.56. The second-order valence-corrected chi connectivity index (χ2v) is 5.60. The first kappa shape index (κ1) is 14.9. The van der Waals surface area contributed by atoms with E-state index >= 15 is 0 Å². The second-order valence-electron chi connectivity index (χ2n) is 5.20. The molecule has 0 saturated heterocycles. The Labute approximate surface area is 140 Å². The van der Waals surface area contributed by atoms with Crippen LogP contribution in [0, 0.1) is 0 Å². The van der Waals surface area contributed by atoms with E-state index in [4.69, 9.17) is 11.6 Å². The molecule has 0 fully saturated rings. The van der Waals surface area contributed by atoms with Crippen molar-refractivity contribution in [2.45, 2.75) is 6.54 Å². The van der Waals surface area contributed by atoms with Gasteiger partial charge in [0.05, 0.1) is 0 Å². The van der Waals surface area contributed by atoms with Crippen molar-refractivity contribution in [3.63, 3.8) is 0 Å². The number of rotatable bonds is 2. The molecule has 0 bridgehead atoms. The lowest BCUT2D eigenvalue weighted by Gasteiger charge is -1.99. The first-order chi connectivity index (χ1) is 10.3. The normalized spacial score (nSPS) is 10.8. The number of nitrogens with zero attached hydrogens (tertiary/aromatic N) is 2. The Bertz CT molecular complexity index is 944. The smallest absolute Gasteiger partial charge is 0.249 e. The molecule has 0 radical (unpaired) electrons. The van der Waals surface area contributed by atoms with Crippen LogP contribution < -0.4 is 17.0 Å². The van der Waals surface area contributed by atoms with E-state index in [1.54, 1.807) is 0 Å². The molecular formula is C18H14Cl2N2. The monoisotopic (exact) mass is 328 g/mol. The molecule has 0 aliphatic carbocycles. The summed E-state index contributed by atoms with van der Waals surface area (Å²) in [6, 6.07) is 20.7. The van der Waals surface area contributed by atoms with E-state index in [1.807, 2.05) is 18.2 Å². The standard InChI is InChI=1S/C18H14ClN2.ClH/c19-17-7-3-1-6-15(17)11-20-12-16-10-9-14-5-2-4-8-18(14)21(16)13-20;/h1-10,12-13H,11H2;1H/q+1;/p-1. The fraction of sp³-hybridized carbons (Fsp3) is 0.0556. The topological polar surface area (TPSA) is 8.29 Å². The van der Waals surface area contributed by atoms with Crippen LogP contribution in [-0.2, 0) is 6.54 Å². The molecular weight excluding hydrogens is 315 g/mol. The van der Waals surface area contributed by atoms with E-state index < -0.39 is 0 Å². The minimum atomic E-state index is 0. The Morgan fingerprint density at radius 3 is 2.55 bits per heavy atom. The van der Waals surface area contributed by atoms with Crippen LogP contribution in [0.4, 0.5) is 0 Å². The Hall–Kier alpha value is -2.03. The number of hydrogen-bond donors (Lipinski definition) is 0. The fourth-order valence-electron chi connectivity index (χ4n) is 2.74. The van der Waals surface area contributed by atoms with Crippen molar-refractivity contribution in [3.05, 3.63) is 83.8 Å². The molecule has 0 atom stereocenters. The number of para-hydroxylation sites is 1. The molecule has 2 nitrogen and oxygen atoms in total. The summed E-state index contributed by atoms with van der Waals surface area (Å²) in [5.41, 5.74) is 3.53. The quantitative estimate of drug-likeness (QED) is 0.487. The molecule has 0 unspecified atom stereocenters. The van der Waals surface area contributed by atoms with Crippen molar-refractivity contribution < 1.29 is 17.0 Å². The van der Waals surface area contributed by atoms with Crippen molar-refractivity contribution in [1.29, 1.82) is 0 Å². The Morgan fingerprint density at radius 2 is 1.68 bits per heavy atom. The maximum absolute atomic E-state index is 6.25. The summed E-state index contributed by atoms with van der Waals surface area (Å²) in [5, 5.41) is 2.05. The van der Waals surface area contributed by atoms with Gasteiger partial charge in [-0.2, -0.15) is 4.40 Å². The number of halogens is 2. The maximum atomic E-state index is 6.25. The number of pyridine rings is 1. The van der Waals surface area contributed by atoms with Crippen LogP contribution in [0.1, 0.15) is 5.56 Å². The number of imidazole rings is 1. The Balaban J connectivity index is 0.00000144. The predicted octanol–water partition coefficient (Wildman–Crippen LogP) is 1.09. The van der Waals surface area contributed by atoms with E-state index in [0.29, 0.717) is 0 Å². The Kier molecular flexibility index (Phi) is 4.06. The maximum Gasteiger partial charge on any atom is 0.249 e. The van der Waals surface area contributed by atoms with E-state index in [0.717, 1.165) is 17.1 Å². The van der Waals surface area contributed by atoms with Gasteiger partial charge in [-0.05, 0) is 24.3 Å². The lowest BCUT2D eigenvalue weighted by Crippen LogP contribution is -3.00. The van der Waals surface area contributed by atoms with E-state index in [-0.39, 0.29) is 12.4 Å². The van der Waals surface area contributed by atoms with Gasteiger partial charge in [-0.25, -0.2) is 4.57 Å². The van der Waals surface area contributed by atoms with Gasteiger partial charge in [-0.3, -0.25) is 0 Å². The van der Waals surface area contributed by atoms with Gasteiger partial charge in [-0.15, -0.1) is 0 Å². The van der Waals surface area contributed by atoms with E-state index in [2.05, 4.69) is 64.0 Å². The zero-order valence-corrected chi connectivity index (χ0v) is 13.3. The summed E-state index contributed by atoms with van der Waals surface area (Å²) in [7, 11) is 0.